The molecule has 1 aliphatic heterocycles. The maximum Gasteiger partial charge on any atom is 0.0572 e. The fourth-order valence-corrected chi connectivity index (χ4v) is 2.92. The van der Waals surface area contributed by atoms with Crippen molar-refractivity contribution >= 4 is 0 Å². The zero-order chi connectivity index (χ0) is 12.3. The molecule has 0 radical (unpaired) electrons. The summed E-state index contributed by atoms with van der Waals surface area (Å²) in [6.07, 6.45) is 4.44. The quantitative estimate of drug-likeness (QED) is 0.870. The van der Waals surface area contributed by atoms with Crippen LogP contribution >= 0.6 is 0 Å². The topological polar surface area (TPSA) is 42.2 Å². The molecule has 2 N–H and O–H groups in total. The summed E-state index contributed by atoms with van der Waals surface area (Å²) < 4.78 is 0. The molecule has 3 unspecified atom stereocenters. The molecule has 0 saturated carbocycles. The van der Waals surface area contributed by atoms with Crippen LogP contribution in [0, 0.1) is 5.92 Å². The van der Waals surface area contributed by atoms with E-state index < -0.39 is 0 Å². The maximum absolute atomic E-state index is 5.94. The zero-order valence-electron chi connectivity index (χ0n) is 10.8. The van der Waals surface area contributed by atoms with Crippen molar-refractivity contribution in [2.45, 2.75) is 38.8 Å². The number of piperidine rings is 1. The lowest BCUT2D eigenvalue weighted by molar-refractivity contribution is 0.0673. The number of aromatic nitrogens is 1. The smallest absolute Gasteiger partial charge is 0.0572 e. The van der Waals surface area contributed by atoms with E-state index in [4.69, 9.17) is 5.73 Å². The van der Waals surface area contributed by atoms with Gasteiger partial charge in [-0.25, -0.2) is 0 Å². The monoisotopic (exact) mass is 233 g/mol. The van der Waals surface area contributed by atoms with Crippen molar-refractivity contribution in [3.8, 4) is 0 Å². The Bertz CT molecular complexity index is 339. The Hall–Kier alpha value is -0.930. The third-order valence-electron chi connectivity index (χ3n) is 4.01. The van der Waals surface area contributed by atoms with E-state index >= 15 is 0 Å². The number of rotatable bonds is 3. The van der Waals surface area contributed by atoms with Gasteiger partial charge in [-0.1, -0.05) is 13.0 Å². The fourth-order valence-electron chi connectivity index (χ4n) is 2.92. The number of nitrogens with zero attached hydrogens (tertiary/aromatic N) is 2. The van der Waals surface area contributed by atoms with Gasteiger partial charge >= 0.3 is 0 Å². The summed E-state index contributed by atoms with van der Waals surface area (Å²) in [6.45, 7) is 6.44. The average molecular weight is 233 g/mol. The Morgan fingerprint density at radius 2 is 2.35 bits per heavy atom. The van der Waals surface area contributed by atoms with Gasteiger partial charge in [0, 0.05) is 24.8 Å². The second kappa shape index (κ2) is 5.61. The van der Waals surface area contributed by atoms with Gasteiger partial charge in [0.2, 0.25) is 0 Å². The first kappa shape index (κ1) is 12.5. The molecule has 3 nitrogen and oxygen atoms in total. The van der Waals surface area contributed by atoms with Gasteiger partial charge < -0.3 is 5.73 Å². The van der Waals surface area contributed by atoms with Crippen molar-refractivity contribution in [3.05, 3.63) is 30.1 Å². The van der Waals surface area contributed by atoms with Crippen LogP contribution in [-0.4, -0.2) is 29.0 Å². The van der Waals surface area contributed by atoms with Gasteiger partial charge in [0.25, 0.3) is 0 Å². The first-order chi connectivity index (χ1) is 8.24. The van der Waals surface area contributed by atoms with Crippen molar-refractivity contribution in [1.29, 1.82) is 0 Å². The van der Waals surface area contributed by atoms with Crippen LogP contribution < -0.4 is 5.73 Å². The van der Waals surface area contributed by atoms with Gasteiger partial charge in [-0.3, -0.25) is 9.88 Å². The van der Waals surface area contributed by atoms with E-state index in [9.17, 15) is 0 Å². The average Bonchev–Trinajstić information content (AvgIpc) is 2.38. The highest BCUT2D eigenvalue weighted by Crippen LogP contribution is 2.30. The molecule has 0 amide bonds. The molecule has 3 heteroatoms. The van der Waals surface area contributed by atoms with Crippen molar-refractivity contribution in [3.63, 3.8) is 0 Å². The Morgan fingerprint density at radius 3 is 3.00 bits per heavy atom. The lowest BCUT2D eigenvalue weighted by atomic mass is 9.89. The van der Waals surface area contributed by atoms with Crippen LogP contribution in [0.25, 0.3) is 0 Å². The molecule has 0 aliphatic carbocycles. The largest absolute Gasteiger partial charge is 0.329 e. The minimum absolute atomic E-state index is 0.368. The molecular weight excluding hydrogens is 210 g/mol. The summed E-state index contributed by atoms with van der Waals surface area (Å²) in [7, 11) is 0. The van der Waals surface area contributed by atoms with E-state index in [0.29, 0.717) is 18.0 Å². The molecule has 1 aromatic rings. The molecule has 17 heavy (non-hydrogen) atoms. The molecule has 94 valence electrons. The Morgan fingerprint density at radius 1 is 1.53 bits per heavy atom. The van der Waals surface area contributed by atoms with Crippen LogP contribution in [0.5, 0.6) is 0 Å². The summed E-state index contributed by atoms with van der Waals surface area (Å²) in [5, 5.41) is 0. The second-order valence-corrected chi connectivity index (χ2v) is 5.09. The van der Waals surface area contributed by atoms with E-state index in [1.54, 1.807) is 0 Å². The van der Waals surface area contributed by atoms with E-state index in [1.807, 2.05) is 12.3 Å². The van der Waals surface area contributed by atoms with Crippen LogP contribution in [0.1, 0.15) is 38.4 Å². The molecule has 0 bridgehead atoms. The summed E-state index contributed by atoms with van der Waals surface area (Å²) in [5.74, 6) is 0.694. The molecule has 2 rings (SSSR count). The molecule has 1 saturated heterocycles. The maximum atomic E-state index is 5.94. The highest BCUT2D eigenvalue weighted by atomic mass is 15.2. The fraction of sp³-hybridized carbons (Fsp3) is 0.643. The van der Waals surface area contributed by atoms with Gasteiger partial charge in [0.15, 0.2) is 0 Å². The summed E-state index contributed by atoms with van der Waals surface area (Å²) in [6, 6.07) is 7.00. The number of hydrogen-bond donors (Lipinski definition) is 1. The summed E-state index contributed by atoms with van der Waals surface area (Å²) in [5.41, 5.74) is 7.09. The van der Waals surface area contributed by atoms with E-state index in [2.05, 4.69) is 35.9 Å². The summed E-state index contributed by atoms with van der Waals surface area (Å²) >= 11 is 0. The van der Waals surface area contributed by atoms with Gasteiger partial charge in [-0.05, 0) is 44.4 Å². The number of nitrogens with two attached hydrogens (primary N) is 1. The number of hydrogen-bond acceptors (Lipinski definition) is 3. The molecule has 0 spiro atoms. The standard InChI is InChI=1S/C14H23N3/c1-11-6-5-9-17(14(11)10-15)12(2)13-7-3-4-8-16-13/h3-4,7-8,11-12,14H,5-6,9-10,15H2,1-2H3. The number of pyridine rings is 1. The Kier molecular flexibility index (Phi) is 4.13. The molecule has 3 atom stereocenters. The van der Waals surface area contributed by atoms with Crippen LogP contribution in [0.4, 0.5) is 0 Å². The van der Waals surface area contributed by atoms with Crippen LogP contribution in [0.3, 0.4) is 0 Å². The van der Waals surface area contributed by atoms with Crippen LogP contribution in [0.2, 0.25) is 0 Å². The lowest BCUT2D eigenvalue weighted by Gasteiger charge is -2.42. The first-order valence-corrected chi connectivity index (χ1v) is 6.60. The molecule has 1 aromatic heterocycles. The lowest BCUT2D eigenvalue weighted by Crippen LogP contribution is -2.49. The van der Waals surface area contributed by atoms with Crippen molar-refractivity contribution in [2.75, 3.05) is 13.1 Å². The SMILES string of the molecule is CC1CCCN(C(C)c2ccccn2)C1CN. The molecule has 1 aliphatic rings. The van der Waals surface area contributed by atoms with Crippen molar-refractivity contribution in [2.24, 2.45) is 11.7 Å². The highest BCUT2D eigenvalue weighted by molar-refractivity contribution is 5.09. The first-order valence-electron chi connectivity index (χ1n) is 6.60. The van der Waals surface area contributed by atoms with Crippen LogP contribution in [-0.2, 0) is 0 Å². The van der Waals surface area contributed by atoms with Gasteiger partial charge in [-0.15, -0.1) is 0 Å². The van der Waals surface area contributed by atoms with Crippen molar-refractivity contribution < 1.29 is 0 Å². The third-order valence-corrected chi connectivity index (χ3v) is 4.01. The Labute approximate surface area is 104 Å². The van der Waals surface area contributed by atoms with Gasteiger partial charge in [-0.2, -0.15) is 0 Å². The van der Waals surface area contributed by atoms with Crippen molar-refractivity contribution in [1.82, 2.24) is 9.88 Å². The second-order valence-electron chi connectivity index (χ2n) is 5.09. The molecule has 1 fully saturated rings. The van der Waals surface area contributed by atoms with Gasteiger partial charge in [0.05, 0.1) is 5.69 Å². The van der Waals surface area contributed by atoms with E-state index in [-0.39, 0.29) is 0 Å². The predicted octanol–water partition coefficient (Wildman–Crippen LogP) is 2.20. The third kappa shape index (κ3) is 2.67. The van der Waals surface area contributed by atoms with E-state index in [0.717, 1.165) is 18.8 Å². The predicted molar refractivity (Wildman–Crippen MR) is 70.6 cm³/mol. The molecular formula is C14H23N3. The summed E-state index contributed by atoms with van der Waals surface area (Å²) in [4.78, 5) is 6.99. The number of likely N-dealkylation sites (tertiary alicyclic amines) is 1. The molecule has 0 aromatic carbocycles. The molecule has 2 heterocycles. The zero-order valence-corrected chi connectivity index (χ0v) is 10.8. The normalized spacial score (nSPS) is 27.9. The highest BCUT2D eigenvalue weighted by Gasteiger charge is 2.31. The van der Waals surface area contributed by atoms with E-state index in [1.165, 1.54) is 12.8 Å². The minimum Gasteiger partial charge on any atom is -0.329 e. The Balaban J connectivity index is 2.15. The van der Waals surface area contributed by atoms with Crippen LogP contribution in [0.15, 0.2) is 24.4 Å². The van der Waals surface area contributed by atoms with Gasteiger partial charge in [0.1, 0.15) is 0 Å². The minimum atomic E-state index is 0.368.